The summed E-state index contributed by atoms with van der Waals surface area (Å²) < 4.78 is 25.3. The number of carbonyl (C=O) groups is 1. The van der Waals surface area contributed by atoms with Crippen LogP contribution in [0.15, 0.2) is 30.3 Å². The highest BCUT2D eigenvalue weighted by molar-refractivity contribution is 7.88. The lowest BCUT2D eigenvalue weighted by Gasteiger charge is -2.36. The monoisotopic (exact) mass is 382 g/mol. The molecule has 146 valence electrons. The highest BCUT2D eigenvalue weighted by Crippen LogP contribution is 2.15. The molecule has 0 atom stereocenters. The number of sulfonamides is 1. The molecule has 1 fully saturated rings. The highest BCUT2D eigenvalue weighted by Gasteiger charge is 2.26. The van der Waals surface area contributed by atoms with E-state index in [0.29, 0.717) is 26.1 Å². The van der Waals surface area contributed by atoms with Gasteiger partial charge in [0.05, 0.1) is 12.8 Å². The molecule has 7 nitrogen and oxygen atoms in total. The van der Waals surface area contributed by atoms with Crippen LogP contribution >= 0.6 is 0 Å². The second-order valence-corrected chi connectivity index (χ2v) is 8.94. The first kappa shape index (κ1) is 20.7. The van der Waals surface area contributed by atoms with Gasteiger partial charge in [0.1, 0.15) is 0 Å². The number of anilines is 1. The van der Waals surface area contributed by atoms with Crippen LogP contribution in [-0.2, 0) is 14.8 Å². The van der Waals surface area contributed by atoms with Gasteiger partial charge in [-0.2, -0.15) is 4.31 Å². The minimum absolute atomic E-state index is 0.0718. The third kappa shape index (κ3) is 6.26. The number of nitrogens with zero attached hydrogens (tertiary/aromatic N) is 4. The van der Waals surface area contributed by atoms with Gasteiger partial charge in [0.15, 0.2) is 0 Å². The number of carbonyl (C=O) groups excluding carboxylic acids is 1. The topological polar surface area (TPSA) is 64.2 Å². The molecule has 0 aromatic heterocycles. The van der Waals surface area contributed by atoms with Crippen LogP contribution in [0.3, 0.4) is 0 Å². The number of benzene rings is 1. The minimum atomic E-state index is -3.39. The fourth-order valence-electron chi connectivity index (χ4n) is 3.03. The lowest BCUT2D eigenvalue weighted by Crippen LogP contribution is -2.52. The molecular weight excluding hydrogens is 352 g/mol. The highest BCUT2D eigenvalue weighted by atomic mass is 32.2. The zero-order valence-electron chi connectivity index (χ0n) is 16.0. The Labute approximate surface area is 157 Å². The van der Waals surface area contributed by atoms with Crippen molar-refractivity contribution in [1.82, 2.24) is 14.1 Å². The van der Waals surface area contributed by atoms with Crippen molar-refractivity contribution < 1.29 is 13.2 Å². The van der Waals surface area contributed by atoms with Crippen LogP contribution in [0, 0.1) is 0 Å². The number of rotatable bonds is 8. The Balaban J connectivity index is 1.87. The van der Waals surface area contributed by atoms with Crippen molar-refractivity contribution >= 4 is 21.6 Å². The summed E-state index contributed by atoms with van der Waals surface area (Å²) in [5.74, 6) is -0.118. The summed E-state index contributed by atoms with van der Waals surface area (Å²) in [7, 11) is 0.500. The summed E-state index contributed by atoms with van der Waals surface area (Å²) in [6.07, 6.45) is 1.87. The molecular formula is C18H30N4O3S. The van der Waals surface area contributed by atoms with Crippen molar-refractivity contribution in [3.8, 4) is 0 Å². The lowest BCUT2D eigenvalue weighted by atomic mass is 10.2. The average Bonchev–Trinajstić information content (AvgIpc) is 2.60. The molecule has 0 spiro atoms. The average molecular weight is 383 g/mol. The van der Waals surface area contributed by atoms with Gasteiger partial charge in [-0.3, -0.25) is 4.79 Å². The maximum absolute atomic E-state index is 12.6. The lowest BCUT2D eigenvalue weighted by molar-refractivity contribution is -0.131. The van der Waals surface area contributed by atoms with Crippen molar-refractivity contribution in [3.63, 3.8) is 0 Å². The molecule has 0 N–H and O–H groups in total. The van der Waals surface area contributed by atoms with E-state index >= 15 is 0 Å². The second kappa shape index (κ2) is 9.34. The first-order valence-corrected chi connectivity index (χ1v) is 10.8. The Morgan fingerprint density at radius 2 is 1.65 bits per heavy atom. The second-order valence-electron chi connectivity index (χ2n) is 6.96. The Kier molecular flexibility index (Phi) is 7.43. The molecule has 0 aliphatic carbocycles. The van der Waals surface area contributed by atoms with Gasteiger partial charge in [0.25, 0.3) is 0 Å². The molecule has 1 amide bonds. The van der Waals surface area contributed by atoms with Crippen molar-refractivity contribution in [2.45, 2.75) is 6.42 Å². The van der Waals surface area contributed by atoms with Crippen molar-refractivity contribution in [1.29, 1.82) is 0 Å². The predicted octanol–water partition coefficient (Wildman–Crippen LogP) is 0.549. The van der Waals surface area contributed by atoms with E-state index < -0.39 is 10.0 Å². The fraction of sp³-hybridized carbons (Fsp3) is 0.611. The number of para-hydroxylation sites is 1. The van der Waals surface area contributed by atoms with E-state index in [-0.39, 0.29) is 12.5 Å². The third-order valence-corrected chi connectivity index (χ3v) is 5.80. The number of hydrogen-bond acceptors (Lipinski definition) is 5. The number of amides is 1. The van der Waals surface area contributed by atoms with E-state index in [1.165, 1.54) is 10.6 Å². The van der Waals surface area contributed by atoms with Gasteiger partial charge in [-0.25, -0.2) is 8.42 Å². The quantitative estimate of drug-likeness (QED) is 0.657. The van der Waals surface area contributed by atoms with Crippen LogP contribution in [-0.4, -0.2) is 94.6 Å². The van der Waals surface area contributed by atoms with Crippen molar-refractivity contribution in [3.05, 3.63) is 30.3 Å². The molecule has 8 heteroatoms. The molecule has 1 saturated heterocycles. The molecule has 2 rings (SSSR count). The maximum atomic E-state index is 12.6. The number of piperazine rings is 1. The predicted molar refractivity (Wildman–Crippen MR) is 105 cm³/mol. The third-order valence-electron chi connectivity index (χ3n) is 4.55. The van der Waals surface area contributed by atoms with E-state index in [4.69, 9.17) is 0 Å². The van der Waals surface area contributed by atoms with Crippen LogP contribution in [0.5, 0.6) is 0 Å². The summed E-state index contributed by atoms with van der Waals surface area (Å²) in [6.45, 7) is 3.83. The molecule has 0 unspecified atom stereocenters. The molecule has 0 bridgehead atoms. The zero-order chi connectivity index (χ0) is 19.2. The van der Waals surface area contributed by atoms with E-state index in [9.17, 15) is 13.2 Å². The molecule has 0 radical (unpaired) electrons. The standard InChI is InChI=1S/C18H30N4O3S/c1-19(2)10-7-11-22(26(3,24)25)16-18(23)21-14-12-20(13-15-21)17-8-5-4-6-9-17/h4-6,8-9H,7,10-16H2,1-3H3. The first-order valence-electron chi connectivity index (χ1n) is 8.95. The normalized spacial score (nSPS) is 15.7. The van der Waals surface area contributed by atoms with Gasteiger partial charge in [-0.05, 0) is 39.2 Å². The van der Waals surface area contributed by atoms with Gasteiger partial charge >= 0.3 is 0 Å². The Morgan fingerprint density at radius 3 is 2.19 bits per heavy atom. The smallest absolute Gasteiger partial charge is 0.238 e. The van der Waals surface area contributed by atoms with Gasteiger partial charge in [0.2, 0.25) is 15.9 Å². The largest absolute Gasteiger partial charge is 0.368 e. The van der Waals surface area contributed by atoms with Crippen LogP contribution in [0.2, 0.25) is 0 Å². The molecule has 1 aromatic rings. The Bertz CT molecular complexity index is 671. The molecule has 1 aromatic carbocycles. The fourth-order valence-corrected chi connectivity index (χ4v) is 3.83. The summed E-state index contributed by atoms with van der Waals surface area (Å²) in [6, 6.07) is 10.1. The summed E-state index contributed by atoms with van der Waals surface area (Å²) >= 11 is 0. The van der Waals surface area contributed by atoms with E-state index in [1.807, 2.05) is 37.2 Å². The van der Waals surface area contributed by atoms with Gasteiger partial charge < -0.3 is 14.7 Å². The van der Waals surface area contributed by atoms with Gasteiger partial charge in [0, 0.05) is 38.4 Å². The van der Waals surface area contributed by atoms with Crippen LogP contribution in [0.4, 0.5) is 5.69 Å². The minimum Gasteiger partial charge on any atom is -0.368 e. The maximum Gasteiger partial charge on any atom is 0.238 e. The van der Waals surface area contributed by atoms with E-state index in [0.717, 1.165) is 25.3 Å². The SMILES string of the molecule is CN(C)CCCN(CC(=O)N1CCN(c2ccccc2)CC1)S(C)(=O)=O. The van der Waals surface area contributed by atoms with E-state index in [1.54, 1.807) is 4.90 Å². The number of hydrogen-bond donors (Lipinski definition) is 0. The van der Waals surface area contributed by atoms with Crippen molar-refractivity contribution in [2.75, 3.05) is 71.1 Å². The summed E-state index contributed by atoms with van der Waals surface area (Å²) in [4.78, 5) is 18.6. The summed E-state index contributed by atoms with van der Waals surface area (Å²) in [5.41, 5.74) is 1.15. The molecule has 26 heavy (non-hydrogen) atoms. The molecule has 1 aliphatic heterocycles. The van der Waals surface area contributed by atoms with Crippen molar-refractivity contribution in [2.24, 2.45) is 0 Å². The van der Waals surface area contributed by atoms with Crippen LogP contribution in [0.1, 0.15) is 6.42 Å². The van der Waals surface area contributed by atoms with Gasteiger partial charge in [-0.15, -0.1) is 0 Å². The molecule has 1 aliphatic rings. The zero-order valence-corrected chi connectivity index (χ0v) is 16.8. The molecule has 0 saturated carbocycles. The first-order chi connectivity index (χ1) is 12.3. The Hall–Kier alpha value is -1.64. The van der Waals surface area contributed by atoms with Crippen LogP contribution in [0.25, 0.3) is 0 Å². The van der Waals surface area contributed by atoms with Crippen LogP contribution < -0.4 is 4.90 Å². The van der Waals surface area contributed by atoms with E-state index in [2.05, 4.69) is 17.0 Å². The molecule has 1 heterocycles. The Morgan fingerprint density at radius 1 is 1.04 bits per heavy atom. The van der Waals surface area contributed by atoms with Gasteiger partial charge in [-0.1, -0.05) is 18.2 Å². The summed E-state index contributed by atoms with van der Waals surface area (Å²) in [5, 5.41) is 0.